The average Bonchev–Trinajstić information content (AvgIpc) is 2.83. The molecular formula is C10H12ClN3S. The first-order valence-corrected chi connectivity index (χ1v) is 6.03. The van der Waals surface area contributed by atoms with Crippen LogP contribution < -0.4 is 5.32 Å². The van der Waals surface area contributed by atoms with Gasteiger partial charge < -0.3 is 5.32 Å². The van der Waals surface area contributed by atoms with Crippen molar-refractivity contribution in [3.05, 3.63) is 33.7 Å². The smallest absolute Gasteiger partial charge is 0.0729 e. The van der Waals surface area contributed by atoms with Crippen molar-refractivity contribution >= 4 is 28.6 Å². The van der Waals surface area contributed by atoms with Gasteiger partial charge in [-0.15, -0.1) is 11.3 Å². The molecule has 2 aromatic heterocycles. The molecule has 0 amide bonds. The van der Waals surface area contributed by atoms with E-state index in [1.54, 1.807) is 11.3 Å². The Bertz CT molecular complexity index is 435. The van der Waals surface area contributed by atoms with E-state index in [0.717, 1.165) is 23.8 Å². The first-order valence-electron chi connectivity index (χ1n) is 4.77. The third kappa shape index (κ3) is 2.73. The summed E-state index contributed by atoms with van der Waals surface area (Å²) < 4.78 is 1.89. The number of aryl methyl sites for hydroxylation is 1. The first-order chi connectivity index (χ1) is 7.28. The highest BCUT2D eigenvalue weighted by Gasteiger charge is 1.99. The Labute approximate surface area is 97.7 Å². The lowest BCUT2D eigenvalue weighted by molar-refractivity contribution is 0.660. The fourth-order valence-corrected chi connectivity index (χ4v) is 2.28. The number of nitrogens with zero attached hydrogens (tertiary/aromatic N) is 2. The molecular weight excluding hydrogens is 230 g/mol. The molecule has 15 heavy (non-hydrogen) atoms. The Kier molecular flexibility index (Phi) is 3.28. The van der Waals surface area contributed by atoms with Crippen molar-refractivity contribution in [1.29, 1.82) is 0 Å². The fraction of sp³-hybridized carbons (Fsp3) is 0.300. The Balaban J connectivity index is 1.93. The van der Waals surface area contributed by atoms with Crippen LogP contribution in [0, 0.1) is 0 Å². The number of thiophene rings is 1. The molecule has 1 N–H and O–H groups in total. The minimum atomic E-state index is 0.798. The van der Waals surface area contributed by atoms with Crippen LogP contribution >= 0.6 is 22.9 Å². The lowest BCUT2D eigenvalue weighted by Crippen LogP contribution is -1.96. The van der Waals surface area contributed by atoms with Gasteiger partial charge >= 0.3 is 0 Å². The molecule has 2 heterocycles. The quantitative estimate of drug-likeness (QED) is 0.891. The van der Waals surface area contributed by atoms with E-state index in [1.807, 2.05) is 28.5 Å². The molecule has 0 aromatic carbocycles. The summed E-state index contributed by atoms with van der Waals surface area (Å²) in [4.78, 5) is 1.23. The third-order valence-electron chi connectivity index (χ3n) is 2.05. The maximum Gasteiger partial charge on any atom is 0.0729 e. The molecule has 0 fully saturated rings. The van der Waals surface area contributed by atoms with Crippen LogP contribution in [0.25, 0.3) is 0 Å². The molecule has 5 heteroatoms. The predicted molar refractivity (Wildman–Crippen MR) is 64.6 cm³/mol. The van der Waals surface area contributed by atoms with E-state index in [4.69, 9.17) is 11.6 Å². The second kappa shape index (κ2) is 4.68. The summed E-state index contributed by atoms with van der Waals surface area (Å²) >= 11 is 7.49. The van der Waals surface area contributed by atoms with Crippen molar-refractivity contribution in [2.24, 2.45) is 0 Å². The van der Waals surface area contributed by atoms with Gasteiger partial charge in [-0.3, -0.25) is 4.68 Å². The van der Waals surface area contributed by atoms with E-state index in [2.05, 4.69) is 17.3 Å². The molecule has 0 aliphatic carbocycles. The number of rotatable bonds is 4. The number of nitrogens with one attached hydrogen (secondary N) is 1. The Morgan fingerprint density at radius 1 is 1.60 bits per heavy atom. The van der Waals surface area contributed by atoms with Gasteiger partial charge in [0.2, 0.25) is 0 Å². The molecule has 2 aromatic rings. The minimum Gasteiger partial charge on any atom is -0.378 e. The van der Waals surface area contributed by atoms with E-state index >= 15 is 0 Å². The topological polar surface area (TPSA) is 29.9 Å². The van der Waals surface area contributed by atoms with Gasteiger partial charge in [-0.05, 0) is 13.0 Å². The monoisotopic (exact) mass is 241 g/mol. The van der Waals surface area contributed by atoms with Gasteiger partial charge in [0.05, 0.1) is 16.9 Å². The van der Waals surface area contributed by atoms with E-state index in [0.29, 0.717) is 0 Å². The number of aromatic nitrogens is 2. The van der Waals surface area contributed by atoms with Crippen LogP contribution in [0.1, 0.15) is 11.8 Å². The molecule has 0 bridgehead atoms. The highest BCUT2D eigenvalue weighted by molar-refractivity contribution is 7.10. The van der Waals surface area contributed by atoms with Crippen LogP contribution in [-0.2, 0) is 13.1 Å². The maximum absolute atomic E-state index is 5.83. The second-order valence-corrected chi connectivity index (χ2v) is 4.60. The number of hydrogen-bond acceptors (Lipinski definition) is 3. The molecule has 0 aliphatic rings. The van der Waals surface area contributed by atoms with Crippen LogP contribution in [0.3, 0.4) is 0 Å². The van der Waals surface area contributed by atoms with Gasteiger partial charge in [0.25, 0.3) is 0 Å². The molecule has 80 valence electrons. The van der Waals surface area contributed by atoms with Crippen LogP contribution in [0.2, 0.25) is 5.02 Å². The number of hydrogen-bond donors (Lipinski definition) is 1. The molecule has 0 saturated carbocycles. The summed E-state index contributed by atoms with van der Waals surface area (Å²) in [5, 5.41) is 10.2. The largest absolute Gasteiger partial charge is 0.378 e. The summed E-state index contributed by atoms with van der Waals surface area (Å²) in [6.07, 6.45) is 3.83. The second-order valence-electron chi connectivity index (χ2n) is 3.17. The first kappa shape index (κ1) is 10.5. The van der Waals surface area contributed by atoms with E-state index in [-0.39, 0.29) is 0 Å². The number of halogens is 1. The SMILES string of the molecule is CCn1cc(NCc2cc(Cl)cs2)cn1. The standard InChI is InChI=1S/C10H12ClN3S/c1-2-14-6-9(4-13-14)12-5-10-3-8(11)7-15-10/h3-4,6-7,12H,2,5H2,1H3. The zero-order valence-corrected chi connectivity index (χ0v) is 9.98. The minimum absolute atomic E-state index is 0.798. The maximum atomic E-state index is 5.83. The molecule has 0 spiro atoms. The van der Waals surface area contributed by atoms with E-state index < -0.39 is 0 Å². The molecule has 2 rings (SSSR count). The highest BCUT2D eigenvalue weighted by atomic mass is 35.5. The highest BCUT2D eigenvalue weighted by Crippen LogP contribution is 2.20. The van der Waals surface area contributed by atoms with Crippen LogP contribution in [0.15, 0.2) is 23.8 Å². The summed E-state index contributed by atoms with van der Waals surface area (Å²) in [5.41, 5.74) is 1.04. The average molecular weight is 242 g/mol. The molecule has 0 aliphatic heterocycles. The van der Waals surface area contributed by atoms with Gasteiger partial charge in [0, 0.05) is 29.5 Å². The van der Waals surface area contributed by atoms with Gasteiger partial charge in [-0.2, -0.15) is 5.10 Å². The van der Waals surface area contributed by atoms with Gasteiger partial charge in [0.1, 0.15) is 0 Å². The summed E-state index contributed by atoms with van der Waals surface area (Å²) in [5.74, 6) is 0. The summed E-state index contributed by atoms with van der Waals surface area (Å²) in [6, 6.07) is 1.98. The molecule has 0 saturated heterocycles. The van der Waals surface area contributed by atoms with Crippen molar-refractivity contribution in [3.63, 3.8) is 0 Å². The van der Waals surface area contributed by atoms with Crippen molar-refractivity contribution in [2.45, 2.75) is 20.0 Å². The lowest BCUT2D eigenvalue weighted by atomic mass is 10.4. The van der Waals surface area contributed by atoms with E-state index in [9.17, 15) is 0 Å². The van der Waals surface area contributed by atoms with Gasteiger partial charge in [0.15, 0.2) is 0 Å². The normalized spacial score (nSPS) is 10.5. The Morgan fingerprint density at radius 3 is 3.07 bits per heavy atom. The van der Waals surface area contributed by atoms with Crippen LogP contribution in [0.5, 0.6) is 0 Å². The van der Waals surface area contributed by atoms with Crippen LogP contribution in [-0.4, -0.2) is 9.78 Å². The van der Waals surface area contributed by atoms with Gasteiger partial charge in [-0.25, -0.2) is 0 Å². The molecule has 0 unspecified atom stereocenters. The molecule has 3 nitrogen and oxygen atoms in total. The van der Waals surface area contributed by atoms with Crippen molar-refractivity contribution in [1.82, 2.24) is 9.78 Å². The molecule has 0 atom stereocenters. The summed E-state index contributed by atoms with van der Waals surface area (Å²) in [6.45, 7) is 3.76. The van der Waals surface area contributed by atoms with Crippen LogP contribution in [0.4, 0.5) is 5.69 Å². The van der Waals surface area contributed by atoms with Crippen molar-refractivity contribution < 1.29 is 0 Å². The van der Waals surface area contributed by atoms with Crippen molar-refractivity contribution in [2.75, 3.05) is 5.32 Å². The van der Waals surface area contributed by atoms with E-state index in [1.165, 1.54) is 4.88 Å². The lowest BCUT2D eigenvalue weighted by Gasteiger charge is -1.99. The summed E-state index contributed by atoms with van der Waals surface area (Å²) in [7, 11) is 0. The molecule has 0 radical (unpaired) electrons. The zero-order chi connectivity index (χ0) is 10.7. The Hall–Kier alpha value is -1.00. The van der Waals surface area contributed by atoms with Crippen molar-refractivity contribution in [3.8, 4) is 0 Å². The fourth-order valence-electron chi connectivity index (χ4n) is 1.26. The van der Waals surface area contributed by atoms with Gasteiger partial charge in [-0.1, -0.05) is 11.6 Å². The predicted octanol–water partition coefficient (Wildman–Crippen LogP) is 3.23. The zero-order valence-electron chi connectivity index (χ0n) is 8.40. The Morgan fingerprint density at radius 2 is 2.47 bits per heavy atom. The third-order valence-corrected chi connectivity index (χ3v) is 3.33. The number of anilines is 1.